The first-order valence-corrected chi connectivity index (χ1v) is 8.18. The summed E-state index contributed by atoms with van der Waals surface area (Å²) in [6.07, 6.45) is 1.70. The molecule has 0 fully saturated rings. The number of rotatable bonds is 6. The molecule has 20 heavy (non-hydrogen) atoms. The predicted molar refractivity (Wildman–Crippen MR) is 83.1 cm³/mol. The van der Waals surface area contributed by atoms with E-state index in [2.05, 4.69) is 28.2 Å². The van der Waals surface area contributed by atoms with Gasteiger partial charge in [0.05, 0.1) is 0 Å². The van der Waals surface area contributed by atoms with Crippen LogP contribution in [0.25, 0.3) is 0 Å². The predicted octanol–water partition coefficient (Wildman–Crippen LogP) is 5.07. The highest BCUT2D eigenvalue weighted by atomic mass is 79.9. The Kier molecular flexibility index (Phi) is 5.69. The number of hydrogen-bond donors (Lipinski definition) is 1. The average Bonchev–Trinajstić information content (AvgIpc) is 2.79. The second-order valence-electron chi connectivity index (χ2n) is 4.64. The summed E-state index contributed by atoms with van der Waals surface area (Å²) in [7, 11) is 0. The fourth-order valence-electron chi connectivity index (χ4n) is 2.06. The minimum Gasteiger partial charge on any atom is -0.310 e. The zero-order valence-corrected chi connectivity index (χ0v) is 13.5. The average molecular weight is 360 g/mol. The lowest BCUT2D eigenvalue weighted by Crippen LogP contribution is -2.24. The van der Waals surface area contributed by atoms with E-state index in [-0.39, 0.29) is 6.04 Å². The molecule has 108 valence electrons. The first-order chi connectivity index (χ1) is 9.58. The van der Waals surface area contributed by atoms with Gasteiger partial charge in [-0.3, -0.25) is 0 Å². The molecule has 2 aromatic rings. The Morgan fingerprint density at radius 1 is 1.20 bits per heavy atom. The lowest BCUT2D eigenvalue weighted by molar-refractivity contribution is 0.517. The molecule has 0 saturated heterocycles. The molecule has 2 rings (SSSR count). The van der Waals surface area contributed by atoms with Gasteiger partial charge >= 0.3 is 0 Å². The van der Waals surface area contributed by atoms with Crippen LogP contribution in [0.1, 0.15) is 29.8 Å². The topological polar surface area (TPSA) is 12.0 Å². The third-order valence-electron chi connectivity index (χ3n) is 2.96. The molecule has 0 aliphatic heterocycles. The molecule has 0 bridgehead atoms. The van der Waals surface area contributed by atoms with Gasteiger partial charge in [-0.05, 0) is 52.7 Å². The second kappa shape index (κ2) is 7.29. The monoisotopic (exact) mass is 359 g/mol. The fraction of sp³-hybridized carbons (Fsp3) is 0.333. The summed E-state index contributed by atoms with van der Waals surface area (Å²) in [5, 5.41) is 5.37. The molecule has 1 heterocycles. The highest BCUT2D eigenvalue weighted by molar-refractivity contribution is 9.10. The van der Waals surface area contributed by atoms with Gasteiger partial charge in [0.15, 0.2) is 0 Å². The lowest BCUT2D eigenvalue weighted by Gasteiger charge is -2.18. The summed E-state index contributed by atoms with van der Waals surface area (Å²) in [5.41, 5.74) is 0.653. The smallest absolute Gasteiger partial charge is 0.126 e. The summed E-state index contributed by atoms with van der Waals surface area (Å²) < 4.78 is 27.8. The standard InChI is InChI=1S/C15H16BrF2NS/c1-2-3-19-15(8-14-6-11(16)9-20-14)10-4-12(17)7-13(18)5-10/h4-7,9,15,19H,2-3,8H2,1H3. The maximum absolute atomic E-state index is 13.4. The van der Waals surface area contributed by atoms with Gasteiger partial charge in [0.1, 0.15) is 11.6 Å². The van der Waals surface area contributed by atoms with Crippen molar-refractivity contribution in [2.24, 2.45) is 0 Å². The molecule has 0 saturated carbocycles. The third kappa shape index (κ3) is 4.36. The number of benzene rings is 1. The van der Waals surface area contributed by atoms with Crippen LogP contribution in [0, 0.1) is 11.6 Å². The van der Waals surface area contributed by atoms with Gasteiger partial charge in [-0.25, -0.2) is 8.78 Å². The molecule has 0 aliphatic carbocycles. The minimum atomic E-state index is -0.532. The molecule has 0 spiro atoms. The van der Waals surface area contributed by atoms with Crippen LogP contribution in [0.2, 0.25) is 0 Å². The van der Waals surface area contributed by atoms with E-state index < -0.39 is 11.6 Å². The molecule has 0 amide bonds. The Morgan fingerprint density at radius 2 is 1.90 bits per heavy atom. The number of halogens is 3. The van der Waals surface area contributed by atoms with Crippen LogP contribution in [0.3, 0.4) is 0 Å². The Labute approximate surface area is 130 Å². The number of nitrogens with one attached hydrogen (secondary N) is 1. The molecule has 1 aromatic heterocycles. The maximum atomic E-state index is 13.4. The molecule has 0 aliphatic rings. The first kappa shape index (κ1) is 15.6. The van der Waals surface area contributed by atoms with Crippen molar-refractivity contribution in [1.29, 1.82) is 0 Å². The van der Waals surface area contributed by atoms with E-state index >= 15 is 0 Å². The van der Waals surface area contributed by atoms with Crippen molar-refractivity contribution < 1.29 is 8.78 Å². The molecule has 0 radical (unpaired) electrons. The molecule has 1 atom stereocenters. The van der Waals surface area contributed by atoms with Crippen molar-refractivity contribution in [1.82, 2.24) is 5.32 Å². The lowest BCUT2D eigenvalue weighted by atomic mass is 10.0. The summed E-state index contributed by atoms with van der Waals surface area (Å²) in [5.74, 6) is -1.06. The van der Waals surface area contributed by atoms with Crippen LogP contribution in [0.4, 0.5) is 8.78 Å². The Morgan fingerprint density at radius 3 is 2.45 bits per heavy atom. The highest BCUT2D eigenvalue weighted by Crippen LogP contribution is 2.26. The van der Waals surface area contributed by atoms with Crippen LogP contribution in [-0.4, -0.2) is 6.54 Å². The van der Waals surface area contributed by atoms with E-state index in [0.29, 0.717) is 5.56 Å². The molecular weight excluding hydrogens is 344 g/mol. The zero-order valence-electron chi connectivity index (χ0n) is 11.1. The van der Waals surface area contributed by atoms with Crippen molar-refractivity contribution >= 4 is 27.3 Å². The van der Waals surface area contributed by atoms with Gasteiger partial charge in [0, 0.05) is 33.3 Å². The first-order valence-electron chi connectivity index (χ1n) is 6.50. The Balaban J connectivity index is 2.21. The molecular formula is C15H16BrF2NS. The van der Waals surface area contributed by atoms with Crippen molar-refractivity contribution in [2.75, 3.05) is 6.54 Å². The number of thiophene rings is 1. The Hall–Kier alpha value is -0.780. The van der Waals surface area contributed by atoms with Crippen molar-refractivity contribution in [3.05, 3.63) is 56.2 Å². The van der Waals surface area contributed by atoms with E-state index in [9.17, 15) is 8.78 Å². The summed E-state index contributed by atoms with van der Waals surface area (Å²) in [4.78, 5) is 1.18. The van der Waals surface area contributed by atoms with Gasteiger partial charge < -0.3 is 5.32 Å². The van der Waals surface area contributed by atoms with E-state index in [1.165, 1.54) is 17.0 Å². The van der Waals surface area contributed by atoms with Crippen LogP contribution < -0.4 is 5.32 Å². The molecule has 1 aromatic carbocycles. The molecule has 1 nitrogen and oxygen atoms in total. The van der Waals surface area contributed by atoms with E-state index in [1.807, 2.05) is 11.4 Å². The third-order valence-corrected chi connectivity index (χ3v) is 4.68. The van der Waals surface area contributed by atoms with Crippen LogP contribution in [-0.2, 0) is 6.42 Å². The van der Waals surface area contributed by atoms with Gasteiger partial charge in [-0.2, -0.15) is 0 Å². The van der Waals surface area contributed by atoms with E-state index in [1.54, 1.807) is 11.3 Å². The minimum absolute atomic E-state index is 0.0781. The Bertz CT molecular complexity index is 551. The fourth-order valence-corrected chi connectivity index (χ4v) is 3.56. The van der Waals surface area contributed by atoms with Gasteiger partial charge in [0.25, 0.3) is 0 Å². The molecule has 1 N–H and O–H groups in total. The van der Waals surface area contributed by atoms with Gasteiger partial charge in [-0.1, -0.05) is 6.92 Å². The normalized spacial score (nSPS) is 12.6. The van der Waals surface area contributed by atoms with E-state index in [4.69, 9.17) is 0 Å². The van der Waals surface area contributed by atoms with E-state index in [0.717, 1.165) is 29.9 Å². The zero-order chi connectivity index (χ0) is 14.5. The largest absolute Gasteiger partial charge is 0.310 e. The van der Waals surface area contributed by atoms with Crippen molar-refractivity contribution in [3.63, 3.8) is 0 Å². The summed E-state index contributed by atoms with van der Waals surface area (Å²) in [6, 6.07) is 5.67. The molecule has 1 unspecified atom stereocenters. The van der Waals surface area contributed by atoms with Crippen LogP contribution in [0.15, 0.2) is 34.1 Å². The maximum Gasteiger partial charge on any atom is 0.126 e. The second-order valence-corrected chi connectivity index (χ2v) is 6.56. The van der Waals surface area contributed by atoms with Gasteiger partial charge in [0.2, 0.25) is 0 Å². The SMILES string of the molecule is CCCNC(Cc1cc(Br)cs1)c1cc(F)cc(F)c1. The van der Waals surface area contributed by atoms with Crippen LogP contribution in [0.5, 0.6) is 0 Å². The quantitative estimate of drug-likeness (QED) is 0.758. The summed E-state index contributed by atoms with van der Waals surface area (Å²) >= 11 is 5.06. The van der Waals surface area contributed by atoms with Crippen molar-refractivity contribution in [2.45, 2.75) is 25.8 Å². The highest BCUT2D eigenvalue weighted by Gasteiger charge is 2.15. The summed E-state index contributed by atoms with van der Waals surface area (Å²) in [6.45, 7) is 2.88. The number of hydrogen-bond acceptors (Lipinski definition) is 2. The van der Waals surface area contributed by atoms with Gasteiger partial charge in [-0.15, -0.1) is 11.3 Å². The van der Waals surface area contributed by atoms with Crippen LogP contribution >= 0.6 is 27.3 Å². The molecule has 5 heteroatoms. The van der Waals surface area contributed by atoms with Crippen molar-refractivity contribution in [3.8, 4) is 0 Å².